The number of amides is 1. The van der Waals surface area contributed by atoms with E-state index in [4.69, 9.17) is 17.0 Å². The van der Waals surface area contributed by atoms with Crippen LogP contribution in [0.2, 0.25) is 0 Å². The van der Waals surface area contributed by atoms with Gasteiger partial charge in [-0.05, 0) is 49.3 Å². The summed E-state index contributed by atoms with van der Waals surface area (Å²) in [4.78, 5) is 14.1. The van der Waals surface area contributed by atoms with E-state index in [1.165, 1.54) is 0 Å². The van der Waals surface area contributed by atoms with Gasteiger partial charge in [0.15, 0.2) is 5.11 Å². The molecule has 1 N–H and O–H groups in total. The molecule has 1 aromatic rings. The smallest absolute Gasteiger partial charge is 0.276 e. The fourth-order valence-electron chi connectivity index (χ4n) is 2.22. The van der Waals surface area contributed by atoms with Gasteiger partial charge in [0.1, 0.15) is 11.4 Å². The van der Waals surface area contributed by atoms with Gasteiger partial charge in [0.05, 0.1) is 6.61 Å². The Morgan fingerprint density at radius 2 is 2.13 bits per heavy atom. The molecule has 0 radical (unpaired) electrons. The second kappa shape index (κ2) is 8.45. The summed E-state index contributed by atoms with van der Waals surface area (Å²) in [6.07, 6.45) is 4.68. The van der Waals surface area contributed by atoms with Crippen molar-refractivity contribution in [2.45, 2.75) is 33.1 Å². The summed E-state index contributed by atoms with van der Waals surface area (Å²) in [5.74, 6) is 0.681. The third kappa shape index (κ3) is 4.54. The van der Waals surface area contributed by atoms with Gasteiger partial charge in [-0.25, -0.2) is 0 Å². The monoisotopic (exact) mass is 396 g/mol. The third-order valence-corrected chi connectivity index (χ3v) is 4.25. The average Bonchev–Trinajstić information content (AvgIpc) is 2.79. The van der Waals surface area contributed by atoms with Gasteiger partial charge in [0.2, 0.25) is 0 Å². The second-order valence-electron chi connectivity index (χ2n) is 5.33. The van der Waals surface area contributed by atoms with Crippen molar-refractivity contribution in [2.24, 2.45) is 0 Å². The number of ether oxygens (including phenoxy) is 1. The van der Waals surface area contributed by atoms with Crippen molar-refractivity contribution >= 4 is 45.2 Å². The van der Waals surface area contributed by atoms with Crippen LogP contribution in [0.3, 0.4) is 0 Å². The fraction of sp³-hybridized carbons (Fsp3) is 0.412. The number of hydrogen-bond acceptors (Lipinski definition) is 3. The van der Waals surface area contributed by atoms with Crippen molar-refractivity contribution in [3.05, 3.63) is 33.9 Å². The van der Waals surface area contributed by atoms with Gasteiger partial charge in [0, 0.05) is 16.6 Å². The van der Waals surface area contributed by atoms with Gasteiger partial charge in [-0.1, -0.05) is 36.2 Å². The molecule has 0 atom stereocenters. The molecule has 1 aromatic carbocycles. The minimum absolute atomic E-state index is 0.0788. The quantitative estimate of drug-likeness (QED) is 0.556. The van der Waals surface area contributed by atoms with E-state index in [1.807, 2.05) is 18.2 Å². The molecule has 2 rings (SSSR count). The van der Waals surface area contributed by atoms with Gasteiger partial charge in [-0.15, -0.1) is 0 Å². The summed E-state index contributed by atoms with van der Waals surface area (Å²) < 4.78 is 6.69. The normalized spacial score (nSPS) is 16.1. The van der Waals surface area contributed by atoms with Crippen LogP contribution < -0.4 is 10.1 Å². The number of carbonyl (C=O) groups excluding carboxylic acids is 1. The van der Waals surface area contributed by atoms with Gasteiger partial charge < -0.3 is 10.1 Å². The van der Waals surface area contributed by atoms with Crippen LogP contribution in [0.25, 0.3) is 6.08 Å². The van der Waals surface area contributed by atoms with E-state index in [-0.39, 0.29) is 5.91 Å². The van der Waals surface area contributed by atoms with Crippen molar-refractivity contribution in [3.63, 3.8) is 0 Å². The van der Waals surface area contributed by atoms with E-state index in [1.54, 1.807) is 11.0 Å². The SMILES string of the molecule is CCCCN1C(=O)/C(=C\c2cc(Br)ccc2OCCC)NC1=S. The van der Waals surface area contributed by atoms with Crippen LogP contribution in [0.15, 0.2) is 28.4 Å². The van der Waals surface area contributed by atoms with Gasteiger partial charge in [-0.3, -0.25) is 9.69 Å². The Labute approximate surface area is 151 Å². The molecule has 23 heavy (non-hydrogen) atoms. The molecule has 1 aliphatic heterocycles. The lowest BCUT2D eigenvalue weighted by molar-refractivity contribution is -0.122. The number of thiocarbonyl (C=S) groups is 1. The standard InChI is InChI=1S/C17H21BrN2O2S/c1-3-5-8-20-16(21)14(19-17(20)23)11-12-10-13(18)6-7-15(12)22-9-4-2/h6-7,10-11H,3-5,8-9H2,1-2H3,(H,19,23)/b14-11+. The molecule has 6 heteroatoms. The Morgan fingerprint density at radius 1 is 1.35 bits per heavy atom. The zero-order valence-electron chi connectivity index (χ0n) is 13.4. The lowest BCUT2D eigenvalue weighted by Crippen LogP contribution is -2.31. The number of nitrogens with one attached hydrogen (secondary N) is 1. The molecule has 1 heterocycles. The average molecular weight is 397 g/mol. The molecule has 0 bridgehead atoms. The predicted molar refractivity (Wildman–Crippen MR) is 100 cm³/mol. The number of halogens is 1. The van der Waals surface area contributed by atoms with Crippen LogP contribution in [0.4, 0.5) is 0 Å². The van der Waals surface area contributed by atoms with Crippen molar-refractivity contribution in [1.82, 2.24) is 10.2 Å². The molecule has 0 saturated carbocycles. The third-order valence-electron chi connectivity index (χ3n) is 3.43. The van der Waals surface area contributed by atoms with Crippen LogP contribution in [0.5, 0.6) is 5.75 Å². The molecule has 124 valence electrons. The van der Waals surface area contributed by atoms with Gasteiger partial charge in [-0.2, -0.15) is 0 Å². The second-order valence-corrected chi connectivity index (χ2v) is 6.63. The minimum atomic E-state index is -0.0788. The van der Waals surface area contributed by atoms with Crippen molar-refractivity contribution in [1.29, 1.82) is 0 Å². The van der Waals surface area contributed by atoms with Crippen LogP contribution in [0, 0.1) is 0 Å². The molecule has 1 saturated heterocycles. The fourth-order valence-corrected chi connectivity index (χ4v) is 2.88. The lowest BCUT2D eigenvalue weighted by atomic mass is 10.1. The van der Waals surface area contributed by atoms with E-state index in [0.717, 1.165) is 35.0 Å². The van der Waals surface area contributed by atoms with Crippen molar-refractivity contribution < 1.29 is 9.53 Å². The first-order chi connectivity index (χ1) is 11.1. The summed E-state index contributed by atoms with van der Waals surface area (Å²) >= 11 is 8.73. The van der Waals surface area contributed by atoms with Crippen LogP contribution in [-0.2, 0) is 4.79 Å². The van der Waals surface area contributed by atoms with E-state index >= 15 is 0 Å². The highest BCUT2D eigenvalue weighted by molar-refractivity contribution is 9.10. The predicted octanol–water partition coefficient (Wildman–Crippen LogP) is 4.10. The maximum absolute atomic E-state index is 12.5. The Kier molecular flexibility index (Phi) is 6.59. The first-order valence-electron chi connectivity index (χ1n) is 7.83. The molecular weight excluding hydrogens is 376 g/mol. The maximum Gasteiger partial charge on any atom is 0.276 e. The molecule has 1 aliphatic rings. The summed E-state index contributed by atoms with van der Waals surface area (Å²) in [5, 5.41) is 3.48. The van der Waals surface area contributed by atoms with Crippen molar-refractivity contribution in [2.75, 3.05) is 13.2 Å². The lowest BCUT2D eigenvalue weighted by Gasteiger charge is -2.12. The topological polar surface area (TPSA) is 41.6 Å². The number of unbranched alkanes of at least 4 members (excludes halogenated alkanes) is 1. The van der Waals surface area contributed by atoms with E-state index < -0.39 is 0 Å². The van der Waals surface area contributed by atoms with E-state index in [0.29, 0.717) is 24.0 Å². The summed E-state index contributed by atoms with van der Waals surface area (Å²) in [6.45, 7) is 5.44. The van der Waals surface area contributed by atoms with Crippen LogP contribution in [0.1, 0.15) is 38.7 Å². The molecule has 0 aromatic heterocycles. The minimum Gasteiger partial charge on any atom is -0.493 e. The first-order valence-corrected chi connectivity index (χ1v) is 9.03. The van der Waals surface area contributed by atoms with Crippen LogP contribution >= 0.6 is 28.1 Å². The molecule has 4 nitrogen and oxygen atoms in total. The number of benzene rings is 1. The number of rotatable bonds is 7. The molecule has 0 spiro atoms. The molecule has 1 fully saturated rings. The summed E-state index contributed by atoms with van der Waals surface area (Å²) in [5.41, 5.74) is 1.34. The van der Waals surface area contributed by atoms with E-state index in [2.05, 4.69) is 35.1 Å². The molecule has 1 amide bonds. The molecular formula is C17H21BrN2O2S. The number of carbonyl (C=O) groups is 1. The Bertz CT molecular complexity index is 631. The molecule has 0 aliphatic carbocycles. The number of nitrogens with zero attached hydrogens (tertiary/aromatic N) is 1. The number of hydrogen-bond donors (Lipinski definition) is 1. The zero-order chi connectivity index (χ0) is 16.8. The highest BCUT2D eigenvalue weighted by Crippen LogP contribution is 2.26. The van der Waals surface area contributed by atoms with Crippen LogP contribution in [-0.4, -0.2) is 29.1 Å². The maximum atomic E-state index is 12.5. The first kappa shape index (κ1) is 17.9. The van der Waals surface area contributed by atoms with Crippen molar-refractivity contribution in [3.8, 4) is 5.75 Å². The Balaban J connectivity index is 2.26. The zero-order valence-corrected chi connectivity index (χ0v) is 15.8. The van der Waals surface area contributed by atoms with Gasteiger partial charge >= 0.3 is 0 Å². The summed E-state index contributed by atoms with van der Waals surface area (Å²) in [6, 6.07) is 5.76. The summed E-state index contributed by atoms with van der Waals surface area (Å²) in [7, 11) is 0. The highest BCUT2D eigenvalue weighted by atomic mass is 79.9. The van der Waals surface area contributed by atoms with Gasteiger partial charge in [0.25, 0.3) is 5.91 Å². The molecule has 0 unspecified atom stereocenters. The Morgan fingerprint density at radius 3 is 2.83 bits per heavy atom. The largest absolute Gasteiger partial charge is 0.493 e. The van der Waals surface area contributed by atoms with E-state index in [9.17, 15) is 4.79 Å². The highest BCUT2D eigenvalue weighted by Gasteiger charge is 2.30. The Hall–Kier alpha value is -1.40.